The van der Waals surface area contributed by atoms with Crippen molar-refractivity contribution in [1.82, 2.24) is 5.32 Å². The van der Waals surface area contributed by atoms with E-state index >= 15 is 0 Å². The van der Waals surface area contributed by atoms with Crippen LogP contribution in [0.1, 0.15) is 18.5 Å². The van der Waals surface area contributed by atoms with Gasteiger partial charge < -0.3 is 15.2 Å². The van der Waals surface area contributed by atoms with Gasteiger partial charge in [-0.15, -0.1) is 0 Å². The molecule has 0 bridgehead atoms. The van der Waals surface area contributed by atoms with E-state index in [-0.39, 0.29) is 12.6 Å². The van der Waals surface area contributed by atoms with E-state index in [1.54, 1.807) is 7.11 Å². The van der Waals surface area contributed by atoms with Crippen LogP contribution in [0, 0.1) is 0 Å². The molecule has 0 fully saturated rings. The summed E-state index contributed by atoms with van der Waals surface area (Å²) in [6.07, 6.45) is 0. The molecular weight excluding hydrogens is 194 g/mol. The fourth-order valence-electron chi connectivity index (χ4n) is 1.27. The van der Waals surface area contributed by atoms with E-state index in [0.717, 1.165) is 11.3 Å². The first kappa shape index (κ1) is 11.5. The van der Waals surface area contributed by atoms with Crippen LogP contribution in [-0.2, 0) is 4.79 Å². The number of rotatable bonds is 5. The predicted molar refractivity (Wildman–Crippen MR) is 57.0 cm³/mol. The lowest BCUT2D eigenvalue weighted by atomic mass is 10.1. The summed E-state index contributed by atoms with van der Waals surface area (Å²) in [5, 5.41) is 11.4. The van der Waals surface area contributed by atoms with E-state index in [4.69, 9.17) is 9.84 Å². The van der Waals surface area contributed by atoms with Gasteiger partial charge in [0.1, 0.15) is 5.75 Å². The SMILES string of the molecule is COc1cccc([C@@H](C)NCC(=O)O)c1. The van der Waals surface area contributed by atoms with Gasteiger partial charge in [0.15, 0.2) is 0 Å². The van der Waals surface area contributed by atoms with Crippen LogP contribution >= 0.6 is 0 Å². The lowest BCUT2D eigenvalue weighted by Gasteiger charge is -2.13. The van der Waals surface area contributed by atoms with Gasteiger partial charge in [-0.3, -0.25) is 4.79 Å². The van der Waals surface area contributed by atoms with Gasteiger partial charge in [-0.1, -0.05) is 12.1 Å². The van der Waals surface area contributed by atoms with Crippen molar-refractivity contribution < 1.29 is 14.6 Å². The molecule has 0 radical (unpaired) electrons. The second-order valence-electron chi connectivity index (χ2n) is 3.27. The Morgan fingerprint density at radius 2 is 2.33 bits per heavy atom. The fourth-order valence-corrected chi connectivity index (χ4v) is 1.27. The van der Waals surface area contributed by atoms with Crippen LogP contribution in [0.4, 0.5) is 0 Å². The zero-order chi connectivity index (χ0) is 11.3. The number of carbonyl (C=O) groups is 1. The standard InChI is InChI=1S/C11H15NO3/c1-8(12-7-11(13)14)9-4-3-5-10(6-9)15-2/h3-6,8,12H,7H2,1-2H3,(H,13,14)/t8-/m1/s1. The molecule has 0 aliphatic rings. The van der Waals surface area contributed by atoms with Gasteiger partial charge in [-0.2, -0.15) is 0 Å². The highest BCUT2D eigenvalue weighted by Gasteiger charge is 2.07. The maximum Gasteiger partial charge on any atom is 0.317 e. The predicted octanol–water partition coefficient (Wildman–Crippen LogP) is 1.43. The molecule has 0 aliphatic carbocycles. The summed E-state index contributed by atoms with van der Waals surface area (Å²) in [7, 11) is 1.61. The number of hydrogen-bond donors (Lipinski definition) is 2. The lowest BCUT2D eigenvalue weighted by Crippen LogP contribution is -2.25. The fraction of sp³-hybridized carbons (Fsp3) is 0.364. The van der Waals surface area contributed by atoms with Gasteiger partial charge in [-0.25, -0.2) is 0 Å². The van der Waals surface area contributed by atoms with Gasteiger partial charge in [0, 0.05) is 6.04 Å². The number of benzene rings is 1. The van der Waals surface area contributed by atoms with Crippen LogP contribution < -0.4 is 10.1 Å². The molecule has 1 atom stereocenters. The van der Waals surface area contributed by atoms with Crippen LogP contribution in [0.25, 0.3) is 0 Å². The number of methoxy groups -OCH3 is 1. The molecule has 4 nitrogen and oxygen atoms in total. The van der Waals surface area contributed by atoms with Crippen LogP contribution in [-0.4, -0.2) is 24.7 Å². The molecule has 2 N–H and O–H groups in total. The van der Waals surface area contributed by atoms with E-state index in [0.29, 0.717) is 0 Å². The normalized spacial score (nSPS) is 12.1. The molecule has 0 amide bonds. The maximum atomic E-state index is 10.4. The maximum absolute atomic E-state index is 10.4. The Morgan fingerprint density at radius 3 is 2.93 bits per heavy atom. The number of carboxylic acids is 1. The van der Waals surface area contributed by atoms with Crippen molar-refractivity contribution in [2.45, 2.75) is 13.0 Å². The summed E-state index contributed by atoms with van der Waals surface area (Å²) < 4.78 is 5.09. The average molecular weight is 209 g/mol. The highest BCUT2D eigenvalue weighted by atomic mass is 16.5. The van der Waals surface area contributed by atoms with Crippen molar-refractivity contribution >= 4 is 5.97 Å². The van der Waals surface area contributed by atoms with Crippen LogP contribution in [0.5, 0.6) is 5.75 Å². The number of nitrogens with one attached hydrogen (secondary N) is 1. The van der Waals surface area contributed by atoms with Crippen molar-refractivity contribution in [2.75, 3.05) is 13.7 Å². The van der Waals surface area contributed by atoms with Gasteiger partial charge >= 0.3 is 5.97 Å². The second-order valence-corrected chi connectivity index (χ2v) is 3.27. The quantitative estimate of drug-likeness (QED) is 0.770. The van der Waals surface area contributed by atoms with Gasteiger partial charge in [0.05, 0.1) is 13.7 Å². The first-order valence-electron chi connectivity index (χ1n) is 4.72. The smallest absolute Gasteiger partial charge is 0.317 e. The zero-order valence-corrected chi connectivity index (χ0v) is 8.86. The molecule has 0 heterocycles. The molecule has 1 aromatic carbocycles. The van der Waals surface area contributed by atoms with Gasteiger partial charge in [-0.05, 0) is 24.6 Å². The number of carboxylic acid groups (broad SMARTS) is 1. The summed E-state index contributed by atoms with van der Waals surface area (Å²) in [6.45, 7) is 1.87. The van der Waals surface area contributed by atoms with Crippen LogP contribution in [0.2, 0.25) is 0 Å². The minimum Gasteiger partial charge on any atom is -0.497 e. The lowest BCUT2D eigenvalue weighted by molar-refractivity contribution is -0.136. The van der Waals surface area contributed by atoms with Gasteiger partial charge in [0.25, 0.3) is 0 Å². The molecule has 1 rings (SSSR count). The molecule has 82 valence electrons. The minimum atomic E-state index is -0.857. The third-order valence-electron chi connectivity index (χ3n) is 2.15. The number of ether oxygens (including phenoxy) is 1. The topological polar surface area (TPSA) is 58.6 Å². The van der Waals surface area contributed by atoms with E-state index < -0.39 is 5.97 Å². The largest absolute Gasteiger partial charge is 0.497 e. The Morgan fingerprint density at radius 1 is 1.60 bits per heavy atom. The van der Waals surface area contributed by atoms with E-state index in [1.807, 2.05) is 31.2 Å². The molecule has 0 saturated heterocycles. The summed E-state index contributed by atoms with van der Waals surface area (Å²) in [5.41, 5.74) is 1.01. The molecule has 4 heteroatoms. The second kappa shape index (κ2) is 5.36. The summed E-state index contributed by atoms with van der Waals surface area (Å²) in [5.74, 6) is -0.0822. The van der Waals surface area contributed by atoms with Crippen LogP contribution in [0.3, 0.4) is 0 Å². The average Bonchev–Trinajstić information content (AvgIpc) is 2.26. The Balaban J connectivity index is 2.64. The number of hydrogen-bond acceptors (Lipinski definition) is 3. The first-order valence-corrected chi connectivity index (χ1v) is 4.72. The third kappa shape index (κ3) is 3.59. The molecule has 0 unspecified atom stereocenters. The molecule has 1 aromatic rings. The van der Waals surface area contributed by atoms with E-state index in [1.165, 1.54) is 0 Å². The van der Waals surface area contributed by atoms with Crippen LogP contribution in [0.15, 0.2) is 24.3 Å². The highest BCUT2D eigenvalue weighted by Crippen LogP contribution is 2.18. The van der Waals surface area contributed by atoms with Gasteiger partial charge in [0.2, 0.25) is 0 Å². The van der Waals surface area contributed by atoms with Crippen molar-refractivity contribution in [2.24, 2.45) is 0 Å². The summed E-state index contributed by atoms with van der Waals surface area (Å²) >= 11 is 0. The molecule has 0 aliphatic heterocycles. The minimum absolute atomic E-state index is 0.00352. The molecule has 0 spiro atoms. The number of aliphatic carboxylic acids is 1. The van der Waals surface area contributed by atoms with Crippen molar-refractivity contribution in [1.29, 1.82) is 0 Å². The van der Waals surface area contributed by atoms with E-state index in [9.17, 15) is 4.79 Å². The monoisotopic (exact) mass is 209 g/mol. The molecular formula is C11H15NO3. The van der Waals surface area contributed by atoms with Crippen molar-refractivity contribution in [3.05, 3.63) is 29.8 Å². The zero-order valence-electron chi connectivity index (χ0n) is 8.86. The molecule has 0 saturated carbocycles. The Labute approximate surface area is 88.9 Å². The van der Waals surface area contributed by atoms with E-state index in [2.05, 4.69) is 5.32 Å². The molecule has 0 aromatic heterocycles. The Hall–Kier alpha value is -1.55. The Bertz CT molecular complexity index is 338. The Kier molecular flexibility index (Phi) is 4.12. The van der Waals surface area contributed by atoms with Crippen molar-refractivity contribution in [3.63, 3.8) is 0 Å². The summed E-state index contributed by atoms with van der Waals surface area (Å²) in [6, 6.07) is 7.55. The van der Waals surface area contributed by atoms with Crippen molar-refractivity contribution in [3.8, 4) is 5.75 Å². The highest BCUT2D eigenvalue weighted by molar-refractivity contribution is 5.69. The third-order valence-corrected chi connectivity index (χ3v) is 2.15. The molecule has 15 heavy (non-hydrogen) atoms. The summed E-state index contributed by atoms with van der Waals surface area (Å²) in [4.78, 5) is 10.4. The first-order chi connectivity index (χ1) is 7.13.